The van der Waals surface area contributed by atoms with Gasteiger partial charge in [0.05, 0.1) is 15.4 Å². The lowest BCUT2D eigenvalue weighted by Gasteiger charge is -2.08. The molecule has 0 aliphatic rings. The highest BCUT2D eigenvalue weighted by Gasteiger charge is 2.16. The molecule has 0 spiro atoms. The van der Waals surface area contributed by atoms with Crippen molar-refractivity contribution >= 4 is 56.4 Å². The Hall–Kier alpha value is -1.62. The first-order chi connectivity index (χ1) is 10.1. The first kappa shape index (κ1) is 14.3. The number of fused-ring (bicyclic) bond motifs is 1. The van der Waals surface area contributed by atoms with E-state index in [9.17, 15) is 4.79 Å². The van der Waals surface area contributed by atoms with E-state index in [1.807, 2.05) is 31.2 Å². The molecule has 1 heterocycles. The molecule has 0 atom stereocenters. The molecule has 0 radical (unpaired) electrons. The number of aromatic nitrogens is 1. The molecule has 1 amide bonds. The SMILES string of the molecule is Cc1cc(Cl)c(NC(=O)c2nsc3ccccc23)cc1Cl. The number of anilines is 1. The van der Waals surface area contributed by atoms with E-state index in [1.165, 1.54) is 11.5 Å². The Labute approximate surface area is 135 Å². The number of halogens is 2. The molecule has 0 bridgehead atoms. The van der Waals surface area contributed by atoms with Gasteiger partial charge in [0, 0.05) is 10.4 Å². The van der Waals surface area contributed by atoms with Crippen LogP contribution in [0, 0.1) is 6.92 Å². The number of hydrogen-bond donors (Lipinski definition) is 1. The molecule has 3 aromatic rings. The second kappa shape index (κ2) is 5.64. The van der Waals surface area contributed by atoms with Gasteiger partial charge in [0.15, 0.2) is 0 Å². The quantitative estimate of drug-likeness (QED) is 0.701. The minimum Gasteiger partial charge on any atom is -0.319 e. The van der Waals surface area contributed by atoms with Crippen molar-refractivity contribution in [2.75, 3.05) is 5.32 Å². The summed E-state index contributed by atoms with van der Waals surface area (Å²) in [6.07, 6.45) is 0. The first-order valence-corrected chi connectivity index (χ1v) is 7.70. The molecule has 0 fully saturated rings. The van der Waals surface area contributed by atoms with E-state index in [0.29, 0.717) is 21.4 Å². The zero-order valence-corrected chi connectivity index (χ0v) is 13.3. The zero-order valence-electron chi connectivity index (χ0n) is 11.0. The van der Waals surface area contributed by atoms with E-state index in [2.05, 4.69) is 9.69 Å². The Balaban J connectivity index is 1.95. The number of nitrogens with one attached hydrogen (secondary N) is 1. The third-order valence-corrected chi connectivity index (χ3v) is 4.64. The highest BCUT2D eigenvalue weighted by atomic mass is 35.5. The molecular weight excluding hydrogens is 327 g/mol. The van der Waals surface area contributed by atoms with Crippen molar-refractivity contribution < 1.29 is 4.79 Å². The van der Waals surface area contributed by atoms with Crippen LogP contribution in [0.1, 0.15) is 16.1 Å². The molecule has 3 nitrogen and oxygen atoms in total. The molecule has 106 valence electrons. The predicted octanol–water partition coefficient (Wildman–Crippen LogP) is 5.16. The van der Waals surface area contributed by atoms with Crippen LogP contribution >= 0.6 is 34.7 Å². The van der Waals surface area contributed by atoms with E-state index in [-0.39, 0.29) is 5.91 Å². The first-order valence-electron chi connectivity index (χ1n) is 6.17. The van der Waals surface area contributed by atoms with Gasteiger partial charge < -0.3 is 5.32 Å². The monoisotopic (exact) mass is 336 g/mol. The summed E-state index contributed by atoms with van der Waals surface area (Å²) in [6.45, 7) is 1.85. The summed E-state index contributed by atoms with van der Waals surface area (Å²) < 4.78 is 5.18. The summed E-state index contributed by atoms with van der Waals surface area (Å²) in [5, 5.41) is 4.59. The maximum atomic E-state index is 12.4. The van der Waals surface area contributed by atoms with E-state index < -0.39 is 0 Å². The Morgan fingerprint density at radius 2 is 1.95 bits per heavy atom. The van der Waals surface area contributed by atoms with Crippen LogP contribution in [0.2, 0.25) is 10.0 Å². The molecule has 0 unspecified atom stereocenters. The number of rotatable bonds is 2. The summed E-state index contributed by atoms with van der Waals surface area (Å²) >= 11 is 13.5. The van der Waals surface area contributed by atoms with Crippen molar-refractivity contribution in [2.45, 2.75) is 6.92 Å². The zero-order chi connectivity index (χ0) is 15.0. The van der Waals surface area contributed by atoms with Crippen LogP contribution in [-0.2, 0) is 0 Å². The lowest BCUT2D eigenvalue weighted by Crippen LogP contribution is -2.13. The molecule has 6 heteroatoms. The standard InChI is InChI=1S/C15H10Cl2N2OS/c1-8-6-11(17)12(7-10(8)16)18-15(20)14-9-4-2-3-5-13(9)21-19-14/h2-7H,1H3,(H,18,20). The van der Waals surface area contributed by atoms with E-state index in [0.717, 1.165) is 15.6 Å². The maximum Gasteiger partial charge on any atom is 0.276 e. The van der Waals surface area contributed by atoms with Crippen molar-refractivity contribution in [1.29, 1.82) is 0 Å². The van der Waals surface area contributed by atoms with Crippen LogP contribution in [0.3, 0.4) is 0 Å². The van der Waals surface area contributed by atoms with Gasteiger partial charge in [-0.2, -0.15) is 4.37 Å². The Morgan fingerprint density at radius 3 is 2.76 bits per heavy atom. The largest absolute Gasteiger partial charge is 0.319 e. The topological polar surface area (TPSA) is 42.0 Å². The highest BCUT2D eigenvalue weighted by molar-refractivity contribution is 7.13. The van der Waals surface area contributed by atoms with Crippen LogP contribution in [0.5, 0.6) is 0 Å². The molecule has 0 saturated carbocycles. The van der Waals surface area contributed by atoms with Gasteiger partial charge in [-0.1, -0.05) is 41.4 Å². The van der Waals surface area contributed by atoms with Gasteiger partial charge in [-0.3, -0.25) is 4.79 Å². The molecule has 1 aromatic heterocycles. The average molecular weight is 337 g/mol. The Morgan fingerprint density at radius 1 is 1.19 bits per heavy atom. The third kappa shape index (κ3) is 2.75. The number of carbonyl (C=O) groups excluding carboxylic acids is 1. The van der Waals surface area contributed by atoms with Crippen molar-refractivity contribution in [1.82, 2.24) is 4.37 Å². The molecule has 0 aliphatic carbocycles. The Bertz CT molecular complexity index is 845. The predicted molar refractivity (Wildman–Crippen MR) is 88.8 cm³/mol. The third-order valence-electron chi connectivity index (χ3n) is 3.09. The number of benzene rings is 2. The van der Waals surface area contributed by atoms with Gasteiger partial charge in [0.25, 0.3) is 5.91 Å². The van der Waals surface area contributed by atoms with Gasteiger partial charge in [0.2, 0.25) is 0 Å². The average Bonchev–Trinajstić information content (AvgIpc) is 2.88. The molecule has 1 N–H and O–H groups in total. The van der Waals surface area contributed by atoms with E-state index in [4.69, 9.17) is 23.2 Å². The van der Waals surface area contributed by atoms with Crippen LogP contribution in [0.4, 0.5) is 5.69 Å². The molecule has 0 saturated heterocycles. The fraction of sp³-hybridized carbons (Fsp3) is 0.0667. The van der Waals surface area contributed by atoms with Crippen molar-refractivity contribution in [3.63, 3.8) is 0 Å². The van der Waals surface area contributed by atoms with Gasteiger partial charge >= 0.3 is 0 Å². The number of aryl methyl sites for hydroxylation is 1. The van der Waals surface area contributed by atoms with Crippen molar-refractivity contribution in [3.8, 4) is 0 Å². The number of nitrogens with zero attached hydrogens (tertiary/aromatic N) is 1. The minimum atomic E-state index is -0.297. The van der Waals surface area contributed by atoms with Crippen LogP contribution in [0.15, 0.2) is 36.4 Å². The smallest absolute Gasteiger partial charge is 0.276 e. The molecule has 0 aliphatic heterocycles. The summed E-state index contributed by atoms with van der Waals surface area (Å²) in [7, 11) is 0. The molecular formula is C15H10Cl2N2OS. The number of carbonyl (C=O) groups is 1. The molecule has 3 rings (SSSR count). The summed E-state index contributed by atoms with van der Waals surface area (Å²) in [5.41, 5.74) is 1.73. The maximum absolute atomic E-state index is 12.4. The van der Waals surface area contributed by atoms with Crippen LogP contribution < -0.4 is 5.32 Å². The van der Waals surface area contributed by atoms with Crippen molar-refractivity contribution in [3.05, 3.63) is 57.7 Å². The van der Waals surface area contributed by atoms with Gasteiger partial charge in [-0.25, -0.2) is 0 Å². The lowest BCUT2D eigenvalue weighted by atomic mass is 10.2. The van der Waals surface area contributed by atoms with Gasteiger partial charge in [-0.15, -0.1) is 0 Å². The van der Waals surface area contributed by atoms with Gasteiger partial charge in [-0.05, 0) is 42.2 Å². The van der Waals surface area contributed by atoms with Crippen molar-refractivity contribution in [2.24, 2.45) is 0 Å². The normalized spacial score (nSPS) is 10.8. The highest BCUT2D eigenvalue weighted by Crippen LogP contribution is 2.30. The minimum absolute atomic E-state index is 0.297. The number of amides is 1. The second-order valence-corrected chi connectivity index (χ2v) is 6.18. The number of hydrogen-bond acceptors (Lipinski definition) is 3. The molecule has 2 aromatic carbocycles. The van der Waals surface area contributed by atoms with E-state index in [1.54, 1.807) is 12.1 Å². The van der Waals surface area contributed by atoms with Crippen LogP contribution in [0.25, 0.3) is 10.1 Å². The fourth-order valence-electron chi connectivity index (χ4n) is 1.97. The summed E-state index contributed by atoms with van der Waals surface area (Å²) in [6, 6.07) is 11.0. The Kier molecular flexibility index (Phi) is 3.85. The lowest BCUT2D eigenvalue weighted by molar-refractivity contribution is 0.102. The second-order valence-electron chi connectivity index (χ2n) is 4.56. The van der Waals surface area contributed by atoms with Crippen LogP contribution in [-0.4, -0.2) is 10.3 Å². The molecule has 21 heavy (non-hydrogen) atoms. The fourth-order valence-corrected chi connectivity index (χ4v) is 3.18. The van der Waals surface area contributed by atoms with Gasteiger partial charge in [0.1, 0.15) is 5.69 Å². The van der Waals surface area contributed by atoms with E-state index >= 15 is 0 Å². The summed E-state index contributed by atoms with van der Waals surface area (Å²) in [4.78, 5) is 12.4. The summed E-state index contributed by atoms with van der Waals surface area (Å²) in [5.74, 6) is -0.297.